The first-order valence-electron chi connectivity index (χ1n) is 17.2. The second-order valence-electron chi connectivity index (χ2n) is 12.5. The summed E-state index contributed by atoms with van der Waals surface area (Å²) in [6, 6.07) is 32.4. The molecule has 0 fully saturated rings. The van der Waals surface area contributed by atoms with E-state index in [0.29, 0.717) is 11.3 Å². The van der Waals surface area contributed by atoms with Crippen molar-refractivity contribution >= 4 is 14.2 Å². The predicted molar refractivity (Wildman–Crippen MR) is 202 cm³/mol. The fraction of sp³-hybridized carbons (Fsp3) is 0.375. The molecule has 2 unspecified atom stereocenters. The van der Waals surface area contributed by atoms with Crippen LogP contribution in [-0.2, 0) is 19.4 Å². The summed E-state index contributed by atoms with van der Waals surface area (Å²) >= 11 is 0. The van der Waals surface area contributed by atoms with Crippen LogP contribution in [0.2, 0.25) is 0 Å². The number of hydrogen-bond donors (Lipinski definition) is 0. The van der Waals surface area contributed by atoms with E-state index in [0.717, 1.165) is 28.2 Å². The zero-order valence-corrected chi connectivity index (χ0v) is 31.7. The SMILES string of the molecule is COc1ccc(C(OCCOc2ccc([N+](=O)[O-])c(C(C)OP(OCCC#N)N(C(C)C)C(C)C)c2)(c2ccccc2)c2ccc(OC)cc2)cc1. The molecule has 0 aliphatic rings. The third-order valence-corrected chi connectivity index (χ3v) is 10.6. The van der Waals surface area contributed by atoms with Gasteiger partial charge in [-0.15, -0.1) is 0 Å². The molecule has 0 aliphatic carbocycles. The molecule has 11 nitrogen and oxygen atoms in total. The molecule has 0 heterocycles. The highest BCUT2D eigenvalue weighted by Crippen LogP contribution is 2.50. The maximum absolute atomic E-state index is 12.1. The summed E-state index contributed by atoms with van der Waals surface area (Å²) < 4.78 is 38.5. The first-order valence-corrected chi connectivity index (χ1v) is 18.3. The van der Waals surface area contributed by atoms with Gasteiger partial charge in [0.1, 0.15) is 29.5 Å². The molecular formula is C40H48N3O8P. The standard InChI is InChI=1S/C40H48N3O8P/c1-29(2)42(30(3)4)52(50-25-11-24-41)51-31(5)38-28-37(22-23-39(38)43(44)45)48-26-27-49-40(32-12-9-8-10-13-32,33-14-18-35(46-6)19-15-33)34-16-20-36(47-7)21-17-34/h8-10,12-23,28-31H,11,25-27H2,1-7H3. The Bertz CT molecular complexity index is 1690. The maximum Gasteiger partial charge on any atom is 0.275 e. The molecule has 0 saturated carbocycles. The number of nitro benzene ring substituents is 1. The summed E-state index contributed by atoms with van der Waals surface area (Å²) in [4.78, 5) is 11.7. The molecule has 0 bridgehead atoms. The molecule has 52 heavy (non-hydrogen) atoms. The molecule has 0 N–H and O–H groups in total. The lowest BCUT2D eigenvalue weighted by molar-refractivity contribution is -0.386. The lowest BCUT2D eigenvalue weighted by Gasteiger charge is -2.36. The van der Waals surface area contributed by atoms with Crippen molar-refractivity contribution in [3.8, 4) is 23.3 Å². The van der Waals surface area contributed by atoms with Crippen LogP contribution in [0, 0.1) is 21.4 Å². The van der Waals surface area contributed by atoms with Crippen LogP contribution in [0.15, 0.2) is 97.1 Å². The molecule has 0 saturated heterocycles. The van der Waals surface area contributed by atoms with E-state index in [-0.39, 0.29) is 44.0 Å². The molecule has 2 atom stereocenters. The Morgan fingerprint density at radius 2 is 1.31 bits per heavy atom. The average molecular weight is 730 g/mol. The second-order valence-corrected chi connectivity index (χ2v) is 13.9. The highest BCUT2D eigenvalue weighted by atomic mass is 31.2. The molecular weight excluding hydrogens is 681 g/mol. The molecule has 0 spiro atoms. The molecule has 0 radical (unpaired) electrons. The molecule has 4 aromatic carbocycles. The van der Waals surface area contributed by atoms with E-state index in [9.17, 15) is 10.1 Å². The molecule has 12 heteroatoms. The van der Waals surface area contributed by atoms with Gasteiger partial charge in [0.2, 0.25) is 0 Å². The Balaban J connectivity index is 1.62. The number of nitro groups is 1. The van der Waals surface area contributed by atoms with Crippen LogP contribution in [0.25, 0.3) is 0 Å². The van der Waals surface area contributed by atoms with Crippen molar-refractivity contribution in [1.29, 1.82) is 5.26 Å². The minimum atomic E-state index is -1.64. The number of methoxy groups -OCH3 is 2. The normalized spacial score (nSPS) is 12.8. The average Bonchev–Trinajstić information content (AvgIpc) is 3.15. The Kier molecular flexibility index (Phi) is 14.9. The summed E-state index contributed by atoms with van der Waals surface area (Å²) in [5.41, 5.74) is 1.93. The summed E-state index contributed by atoms with van der Waals surface area (Å²) in [7, 11) is 1.62. The van der Waals surface area contributed by atoms with Gasteiger partial charge in [-0.2, -0.15) is 5.26 Å². The summed E-state index contributed by atoms with van der Waals surface area (Å²) in [6.45, 7) is 10.4. The van der Waals surface area contributed by atoms with Gasteiger partial charge in [-0.05, 0) is 87.7 Å². The summed E-state index contributed by atoms with van der Waals surface area (Å²) in [5.74, 6) is 1.87. The van der Waals surface area contributed by atoms with Gasteiger partial charge in [-0.1, -0.05) is 54.6 Å². The van der Waals surface area contributed by atoms with E-state index in [4.69, 9.17) is 33.3 Å². The van der Waals surface area contributed by atoms with E-state index in [2.05, 4.69) is 10.7 Å². The van der Waals surface area contributed by atoms with Crippen molar-refractivity contribution in [1.82, 2.24) is 4.67 Å². The van der Waals surface area contributed by atoms with Crippen molar-refractivity contribution in [3.05, 3.63) is 129 Å². The molecule has 4 aromatic rings. The van der Waals surface area contributed by atoms with Gasteiger partial charge in [-0.25, -0.2) is 4.67 Å². The van der Waals surface area contributed by atoms with Crippen LogP contribution < -0.4 is 14.2 Å². The van der Waals surface area contributed by atoms with Crippen molar-refractivity contribution in [2.24, 2.45) is 0 Å². The number of hydrogen-bond acceptors (Lipinski definition) is 10. The Morgan fingerprint density at radius 1 is 0.769 bits per heavy atom. The van der Waals surface area contributed by atoms with Crippen LogP contribution in [-0.4, -0.2) is 55.7 Å². The van der Waals surface area contributed by atoms with Gasteiger partial charge in [0.25, 0.3) is 14.2 Å². The van der Waals surface area contributed by atoms with Crippen molar-refractivity contribution in [2.45, 2.75) is 64.8 Å². The van der Waals surface area contributed by atoms with Crippen LogP contribution in [0.4, 0.5) is 5.69 Å². The van der Waals surface area contributed by atoms with Gasteiger partial charge < -0.3 is 28.0 Å². The smallest absolute Gasteiger partial charge is 0.275 e. The largest absolute Gasteiger partial charge is 0.497 e. The molecule has 0 aliphatic heterocycles. The predicted octanol–water partition coefficient (Wildman–Crippen LogP) is 9.35. The molecule has 4 rings (SSSR count). The lowest BCUT2D eigenvalue weighted by atomic mass is 9.80. The Hall–Kier alpha value is -4.56. The number of benzene rings is 4. The van der Waals surface area contributed by atoms with E-state index < -0.39 is 25.2 Å². The lowest BCUT2D eigenvalue weighted by Crippen LogP contribution is -2.34. The van der Waals surface area contributed by atoms with Gasteiger partial charge in [-0.3, -0.25) is 10.1 Å². The third-order valence-electron chi connectivity index (χ3n) is 8.39. The first kappa shape index (κ1) is 40.2. The van der Waals surface area contributed by atoms with Crippen molar-refractivity contribution in [3.63, 3.8) is 0 Å². The summed E-state index contributed by atoms with van der Waals surface area (Å²) in [6.07, 6.45) is -0.515. The van der Waals surface area contributed by atoms with Gasteiger partial charge in [0.15, 0.2) is 0 Å². The van der Waals surface area contributed by atoms with Crippen molar-refractivity contribution < 1.29 is 32.9 Å². The summed E-state index contributed by atoms with van der Waals surface area (Å²) in [5, 5.41) is 21.2. The monoisotopic (exact) mass is 729 g/mol. The number of ether oxygens (including phenoxy) is 4. The first-order chi connectivity index (χ1) is 25.0. The zero-order valence-electron chi connectivity index (χ0n) is 30.9. The molecule has 276 valence electrons. The van der Waals surface area contributed by atoms with E-state index >= 15 is 0 Å². The van der Waals surface area contributed by atoms with Crippen LogP contribution >= 0.6 is 8.53 Å². The highest BCUT2D eigenvalue weighted by Gasteiger charge is 2.38. The number of rotatable bonds is 20. The van der Waals surface area contributed by atoms with Gasteiger partial charge in [0, 0.05) is 18.2 Å². The fourth-order valence-electron chi connectivity index (χ4n) is 6.03. The highest BCUT2D eigenvalue weighted by molar-refractivity contribution is 7.44. The quantitative estimate of drug-likeness (QED) is 0.0286. The Morgan fingerprint density at radius 3 is 1.81 bits per heavy atom. The third kappa shape index (κ3) is 9.85. The second kappa shape index (κ2) is 19.3. The van der Waals surface area contributed by atoms with E-state index in [1.807, 2.05) is 107 Å². The zero-order chi connectivity index (χ0) is 37.7. The van der Waals surface area contributed by atoms with Crippen LogP contribution in [0.1, 0.15) is 69.4 Å². The van der Waals surface area contributed by atoms with Crippen LogP contribution in [0.3, 0.4) is 0 Å². The Labute approximate surface area is 308 Å². The molecule has 0 aromatic heterocycles. The van der Waals surface area contributed by atoms with E-state index in [1.54, 1.807) is 33.3 Å². The maximum atomic E-state index is 12.1. The van der Waals surface area contributed by atoms with Gasteiger partial charge >= 0.3 is 0 Å². The van der Waals surface area contributed by atoms with Crippen molar-refractivity contribution in [2.75, 3.05) is 34.0 Å². The topological polar surface area (TPSA) is 126 Å². The fourth-order valence-corrected chi connectivity index (χ4v) is 7.72. The van der Waals surface area contributed by atoms with Crippen LogP contribution in [0.5, 0.6) is 17.2 Å². The van der Waals surface area contributed by atoms with E-state index in [1.165, 1.54) is 6.07 Å². The number of nitrogens with zero attached hydrogens (tertiary/aromatic N) is 3. The number of nitriles is 1. The minimum Gasteiger partial charge on any atom is -0.497 e. The molecule has 0 amide bonds. The van der Waals surface area contributed by atoms with Gasteiger partial charge in [0.05, 0.1) is 56.5 Å². The minimum absolute atomic E-state index is 0.0730.